The van der Waals surface area contributed by atoms with Crippen molar-refractivity contribution in [2.45, 2.75) is 18.9 Å². The Morgan fingerprint density at radius 2 is 1.79 bits per heavy atom. The van der Waals surface area contributed by atoms with Crippen molar-refractivity contribution in [1.82, 2.24) is 15.3 Å². The number of nitrogens with one attached hydrogen (secondary N) is 1. The van der Waals surface area contributed by atoms with E-state index in [1.807, 2.05) is 18.2 Å². The second-order valence-electron chi connectivity index (χ2n) is 6.15. The molecule has 0 aliphatic heterocycles. The number of ether oxygens (including phenoxy) is 1. The minimum Gasteiger partial charge on any atom is -0.467 e. The van der Waals surface area contributed by atoms with E-state index in [0.29, 0.717) is 16.7 Å². The van der Waals surface area contributed by atoms with Crippen LogP contribution in [0.2, 0.25) is 0 Å². The molecule has 1 aromatic heterocycles. The summed E-state index contributed by atoms with van der Waals surface area (Å²) in [6.45, 7) is 0. The number of methoxy groups -OCH3 is 1. The van der Waals surface area contributed by atoms with Crippen LogP contribution in [0.1, 0.15) is 11.3 Å². The van der Waals surface area contributed by atoms with Gasteiger partial charge in [0.1, 0.15) is 17.7 Å². The fourth-order valence-corrected chi connectivity index (χ4v) is 2.78. The highest BCUT2D eigenvalue weighted by Crippen LogP contribution is 2.11. The summed E-state index contributed by atoms with van der Waals surface area (Å²) in [6.07, 6.45) is 1.30. The molecular formula is C20H17F2N3O3. The second-order valence-corrected chi connectivity index (χ2v) is 6.15. The van der Waals surface area contributed by atoms with Crippen LogP contribution >= 0.6 is 0 Å². The van der Waals surface area contributed by atoms with Crippen molar-refractivity contribution < 1.29 is 23.1 Å². The molecule has 0 radical (unpaired) electrons. The lowest BCUT2D eigenvalue weighted by Crippen LogP contribution is -2.43. The maximum atomic E-state index is 13.3. The van der Waals surface area contributed by atoms with Crippen molar-refractivity contribution in [3.8, 4) is 0 Å². The quantitative estimate of drug-likeness (QED) is 0.659. The highest BCUT2D eigenvalue weighted by atomic mass is 19.1. The van der Waals surface area contributed by atoms with Gasteiger partial charge in [-0.05, 0) is 29.8 Å². The van der Waals surface area contributed by atoms with Gasteiger partial charge >= 0.3 is 5.97 Å². The van der Waals surface area contributed by atoms with Crippen LogP contribution in [0, 0.1) is 11.6 Å². The summed E-state index contributed by atoms with van der Waals surface area (Å²) in [5.74, 6) is -2.79. The third-order valence-corrected chi connectivity index (χ3v) is 4.02. The number of carbonyl (C=O) groups excluding carboxylic acids is 2. The zero-order valence-corrected chi connectivity index (χ0v) is 15.0. The fraction of sp³-hybridized carbons (Fsp3) is 0.200. The first-order valence-electron chi connectivity index (χ1n) is 8.47. The molecule has 144 valence electrons. The molecule has 0 saturated carbocycles. The van der Waals surface area contributed by atoms with Gasteiger partial charge in [-0.15, -0.1) is 0 Å². The lowest BCUT2D eigenvalue weighted by Gasteiger charge is -2.16. The Kier molecular flexibility index (Phi) is 5.88. The molecule has 0 fully saturated rings. The van der Waals surface area contributed by atoms with Crippen LogP contribution in [0.25, 0.3) is 11.0 Å². The Balaban J connectivity index is 1.73. The Bertz CT molecular complexity index is 1010. The molecule has 0 bridgehead atoms. The number of fused-ring (bicyclic) bond motifs is 1. The summed E-state index contributed by atoms with van der Waals surface area (Å²) < 4.78 is 31.3. The van der Waals surface area contributed by atoms with Crippen LogP contribution in [-0.2, 0) is 27.2 Å². The summed E-state index contributed by atoms with van der Waals surface area (Å²) in [5, 5.41) is 2.53. The largest absolute Gasteiger partial charge is 0.467 e. The van der Waals surface area contributed by atoms with Crippen molar-refractivity contribution >= 4 is 22.9 Å². The fourth-order valence-electron chi connectivity index (χ4n) is 2.78. The number of hydrogen-bond acceptors (Lipinski definition) is 5. The van der Waals surface area contributed by atoms with Crippen LogP contribution in [-0.4, -0.2) is 35.0 Å². The number of benzene rings is 2. The van der Waals surface area contributed by atoms with Crippen molar-refractivity contribution in [1.29, 1.82) is 0 Å². The molecule has 8 heteroatoms. The number of para-hydroxylation sites is 2. The molecule has 3 aromatic rings. The van der Waals surface area contributed by atoms with Gasteiger partial charge in [0.2, 0.25) is 5.91 Å². The molecule has 2 aromatic carbocycles. The normalized spacial score (nSPS) is 11.8. The first-order valence-corrected chi connectivity index (χ1v) is 8.47. The SMILES string of the molecule is COC(=O)[C@H](Cc1cnc2ccccc2n1)NC(=O)Cc1cc(F)cc(F)c1. The summed E-state index contributed by atoms with van der Waals surface area (Å²) in [4.78, 5) is 33.0. The van der Waals surface area contributed by atoms with E-state index >= 15 is 0 Å². The average Bonchev–Trinajstić information content (AvgIpc) is 2.65. The standard InChI is InChI=1S/C20H17F2N3O3/c1-28-20(27)18(10-15-11-23-16-4-2-3-5-17(16)24-15)25-19(26)8-12-6-13(21)9-14(22)7-12/h2-7,9,11,18H,8,10H2,1H3,(H,25,26)/t18-/m0/s1. The van der Waals surface area contributed by atoms with E-state index in [-0.39, 0.29) is 18.4 Å². The predicted molar refractivity (Wildman–Crippen MR) is 97.3 cm³/mol. The van der Waals surface area contributed by atoms with Crippen LogP contribution in [0.3, 0.4) is 0 Å². The van der Waals surface area contributed by atoms with Gasteiger partial charge in [0.15, 0.2) is 0 Å². The maximum absolute atomic E-state index is 13.3. The Morgan fingerprint density at radius 3 is 2.46 bits per heavy atom. The lowest BCUT2D eigenvalue weighted by atomic mass is 10.1. The highest BCUT2D eigenvalue weighted by molar-refractivity contribution is 5.85. The molecule has 1 heterocycles. The van der Waals surface area contributed by atoms with Crippen molar-refractivity contribution in [3.05, 3.63) is 71.6 Å². The van der Waals surface area contributed by atoms with Gasteiger partial charge in [-0.3, -0.25) is 9.78 Å². The monoisotopic (exact) mass is 385 g/mol. The van der Waals surface area contributed by atoms with Crippen molar-refractivity contribution in [2.24, 2.45) is 0 Å². The van der Waals surface area contributed by atoms with Gasteiger partial charge in [-0.2, -0.15) is 0 Å². The number of nitrogens with zero attached hydrogens (tertiary/aromatic N) is 2. The topological polar surface area (TPSA) is 81.2 Å². The Labute approximate surface area is 159 Å². The molecular weight excluding hydrogens is 368 g/mol. The van der Waals surface area contributed by atoms with Gasteiger partial charge in [0.25, 0.3) is 0 Å². The Morgan fingerprint density at radius 1 is 1.11 bits per heavy atom. The second kappa shape index (κ2) is 8.51. The van der Waals surface area contributed by atoms with E-state index in [1.54, 1.807) is 6.07 Å². The molecule has 6 nitrogen and oxygen atoms in total. The van der Waals surface area contributed by atoms with E-state index in [2.05, 4.69) is 15.3 Å². The zero-order valence-electron chi connectivity index (χ0n) is 15.0. The van der Waals surface area contributed by atoms with E-state index in [1.165, 1.54) is 13.3 Å². The number of rotatable bonds is 6. The number of carbonyl (C=O) groups is 2. The van der Waals surface area contributed by atoms with E-state index in [9.17, 15) is 18.4 Å². The number of aromatic nitrogens is 2. The van der Waals surface area contributed by atoms with Crippen LogP contribution in [0.5, 0.6) is 0 Å². The van der Waals surface area contributed by atoms with Crippen LogP contribution in [0.15, 0.2) is 48.7 Å². The molecule has 1 atom stereocenters. The number of halogens is 2. The van der Waals surface area contributed by atoms with Gasteiger partial charge in [0, 0.05) is 18.7 Å². The van der Waals surface area contributed by atoms with Crippen LogP contribution in [0.4, 0.5) is 8.78 Å². The Hall–Kier alpha value is -3.42. The molecule has 28 heavy (non-hydrogen) atoms. The van der Waals surface area contributed by atoms with Gasteiger partial charge in [0.05, 0.1) is 30.3 Å². The first-order chi connectivity index (χ1) is 13.4. The molecule has 1 amide bonds. The van der Waals surface area contributed by atoms with Crippen LogP contribution < -0.4 is 5.32 Å². The van der Waals surface area contributed by atoms with Gasteiger partial charge in [-0.1, -0.05) is 12.1 Å². The molecule has 0 aliphatic carbocycles. The lowest BCUT2D eigenvalue weighted by molar-refractivity contribution is -0.145. The third kappa shape index (κ3) is 4.85. The summed E-state index contributed by atoms with van der Waals surface area (Å²) >= 11 is 0. The summed E-state index contributed by atoms with van der Waals surface area (Å²) in [6, 6.07) is 9.08. The average molecular weight is 385 g/mol. The molecule has 0 unspecified atom stereocenters. The molecule has 0 spiro atoms. The number of amides is 1. The maximum Gasteiger partial charge on any atom is 0.328 e. The molecule has 0 aliphatic rings. The van der Waals surface area contributed by atoms with Gasteiger partial charge in [-0.25, -0.2) is 18.6 Å². The minimum absolute atomic E-state index is 0.0633. The van der Waals surface area contributed by atoms with Crippen molar-refractivity contribution in [2.75, 3.05) is 7.11 Å². The first kappa shape index (κ1) is 19.3. The van der Waals surface area contributed by atoms with Crippen molar-refractivity contribution in [3.63, 3.8) is 0 Å². The van der Waals surface area contributed by atoms with E-state index < -0.39 is 29.6 Å². The molecule has 0 saturated heterocycles. The number of hydrogen-bond donors (Lipinski definition) is 1. The third-order valence-electron chi connectivity index (χ3n) is 4.02. The minimum atomic E-state index is -1.01. The number of esters is 1. The smallest absolute Gasteiger partial charge is 0.328 e. The zero-order chi connectivity index (χ0) is 20.1. The summed E-state index contributed by atoms with van der Waals surface area (Å²) in [5.41, 5.74) is 2.01. The predicted octanol–water partition coefficient (Wildman–Crippen LogP) is 2.35. The van der Waals surface area contributed by atoms with E-state index in [0.717, 1.165) is 18.2 Å². The molecule has 3 rings (SSSR count). The summed E-state index contributed by atoms with van der Waals surface area (Å²) in [7, 11) is 1.20. The van der Waals surface area contributed by atoms with E-state index in [4.69, 9.17) is 4.74 Å². The highest BCUT2D eigenvalue weighted by Gasteiger charge is 2.23. The van der Waals surface area contributed by atoms with Gasteiger partial charge < -0.3 is 10.1 Å². The molecule has 1 N–H and O–H groups in total.